The Bertz CT molecular complexity index is 1550. The van der Waals surface area contributed by atoms with Gasteiger partial charge in [-0.05, 0) is 62.4 Å². The van der Waals surface area contributed by atoms with Crippen LogP contribution in [0.3, 0.4) is 0 Å². The number of alkyl halides is 3. The average molecular weight is 585 g/mol. The number of carbonyl (C=O) groups is 2. The van der Waals surface area contributed by atoms with Gasteiger partial charge < -0.3 is 19.9 Å². The molecule has 1 aliphatic heterocycles. The molecule has 214 valence electrons. The molecule has 0 aliphatic carbocycles. The Morgan fingerprint density at radius 1 is 1.07 bits per heavy atom. The molecule has 2 aromatic carbocycles. The van der Waals surface area contributed by atoms with Crippen LogP contribution in [0.25, 0.3) is 16.4 Å². The summed E-state index contributed by atoms with van der Waals surface area (Å²) in [5.41, 5.74) is 2.29. The summed E-state index contributed by atoms with van der Waals surface area (Å²) >= 11 is 1.42. The maximum atomic E-state index is 13.4. The second-order valence-corrected chi connectivity index (χ2v) is 10.4. The van der Waals surface area contributed by atoms with Crippen LogP contribution in [0.4, 0.5) is 23.7 Å². The normalized spacial score (nSPS) is 15.6. The molecule has 41 heavy (non-hydrogen) atoms. The summed E-state index contributed by atoms with van der Waals surface area (Å²) in [7, 11) is 1.61. The maximum Gasteiger partial charge on any atom is 0.416 e. The number of anilines is 1. The molecule has 0 radical (unpaired) electrons. The predicted molar refractivity (Wildman–Crippen MR) is 148 cm³/mol. The molecule has 1 saturated heterocycles. The van der Waals surface area contributed by atoms with Gasteiger partial charge in [-0.2, -0.15) is 18.3 Å². The van der Waals surface area contributed by atoms with Crippen LogP contribution >= 0.6 is 11.3 Å². The minimum absolute atomic E-state index is 0.199. The fraction of sp³-hybridized carbons (Fsp3) is 0.286. The fourth-order valence-electron chi connectivity index (χ4n) is 4.62. The number of piperazine rings is 1. The predicted octanol–water partition coefficient (Wildman–Crippen LogP) is 5.71. The van der Waals surface area contributed by atoms with Gasteiger partial charge in [-0.25, -0.2) is 14.5 Å². The van der Waals surface area contributed by atoms with E-state index in [9.17, 15) is 22.8 Å². The van der Waals surface area contributed by atoms with Crippen LogP contribution < -0.4 is 10.1 Å². The molecule has 1 aliphatic rings. The van der Waals surface area contributed by atoms with E-state index >= 15 is 0 Å². The standard InChI is InChI=1S/C28H27F3N6O3S/c1-17-15-35(12-13-36(17)26(39)33-21-8-6-20(7-9-21)28(29,30)31)25(38)23-14-32-37(18(23)2)27-34-24(16-41-27)19-4-10-22(40-3)11-5-19/h4-11,14,16-17H,12-13,15H2,1-3H3,(H,33,39). The minimum atomic E-state index is -4.45. The highest BCUT2D eigenvalue weighted by molar-refractivity contribution is 7.12. The lowest BCUT2D eigenvalue weighted by Gasteiger charge is -2.39. The van der Waals surface area contributed by atoms with Crippen molar-refractivity contribution in [2.24, 2.45) is 0 Å². The topological polar surface area (TPSA) is 92.6 Å². The number of hydrogen-bond acceptors (Lipinski definition) is 6. The number of ether oxygens (including phenoxy) is 1. The van der Waals surface area contributed by atoms with E-state index in [0.717, 1.165) is 29.1 Å². The number of carbonyl (C=O) groups excluding carboxylic acids is 2. The van der Waals surface area contributed by atoms with Gasteiger partial charge in [-0.15, -0.1) is 11.3 Å². The molecule has 5 rings (SSSR count). The van der Waals surface area contributed by atoms with Gasteiger partial charge in [0.1, 0.15) is 5.75 Å². The van der Waals surface area contributed by atoms with Gasteiger partial charge in [-0.1, -0.05) is 0 Å². The lowest BCUT2D eigenvalue weighted by atomic mass is 10.1. The third-order valence-corrected chi connectivity index (χ3v) is 7.75. The highest BCUT2D eigenvalue weighted by atomic mass is 32.1. The Morgan fingerprint density at radius 2 is 1.78 bits per heavy atom. The monoisotopic (exact) mass is 584 g/mol. The summed E-state index contributed by atoms with van der Waals surface area (Å²) in [6.07, 6.45) is -2.92. The molecule has 2 aromatic heterocycles. The molecule has 0 saturated carbocycles. The van der Waals surface area contributed by atoms with Crippen molar-refractivity contribution in [3.05, 3.63) is 76.9 Å². The molecule has 0 spiro atoms. The summed E-state index contributed by atoms with van der Waals surface area (Å²) in [6.45, 7) is 4.49. The Hall–Kier alpha value is -4.39. The Morgan fingerprint density at radius 3 is 2.41 bits per heavy atom. The lowest BCUT2D eigenvalue weighted by Crippen LogP contribution is -2.56. The summed E-state index contributed by atoms with van der Waals surface area (Å²) < 4.78 is 45.3. The van der Waals surface area contributed by atoms with Crippen molar-refractivity contribution in [2.45, 2.75) is 26.1 Å². The smallest absolute Gasteiger partial charge is 0.416 e. The number of benzene rings is 2. The summed E-state index contributed by atoms with van der Waals surface area (Å²) in [6, 6.07) is 11.1. The number of nitrogens with zero attached hydrogens (tertiary/aromatic N) is 5. The molecule has 1 atom stereocenters. The summed E-state index contributed by atoms with van der Waals surface area (Å²) in [5.74, 6) is 0.556. The van der Waals surface area contributed by atoms with E-state index in [4.69, 9.17) is 9.72 Å². The van der Waals surface area contributed by atoms with E-state index in [1.54, 1.807) is 21.6 Å². The summed E-state index contributed by atoms with van der Waals surface area (Å²) in [4.78, 5) is 34.2. The molecule has 9 nitrogen and oxygen atoms in total. The van der Waals surface area contributed by atoms with E-state index < -0.39 is 17.8 Å². The van der Waals surface area contributed by atoms with Crippen molar-refractivity contribution in [1.82, 2.24) is 24.6 Å². The largest absolute Gasteiger partial charge is 0.497 e. The first-order chi connectivity index (χ1) is 19.5. The van der Waals surface area contributed by atoms with Gasteiger partial charge in [0, 0.05) is 42.3 Å². The van der Waals surface area contributed by atoms with Crippen molar-refractivity contribution in [3.8, 4) is 22.1 Å². The number of rotatable bonds is 5. The van der Waals surface area contributed by atoms with Crippen molar-refractivity contribution < 1.29 is 27.5 Å². The molecule has 4 aromatic rings. The zero-order chi connectivity index (χ0) is 29.3. The average Bonchev–Trinajstić information content (AvgIpc) is 3.59. The van der Waals surface area contributed by atoms with Gasteiger partial charge in [0.05, 0.1) is 35.8 Å². The van der Waals surface area contributed by atoms with Crippen LogP contribution in [0.1, 0.15) is 28.5 Å². The van der Waals surface area contributed by atoms with Crippen LogP contribution in [0.5, 0.6) is 5.75 Å². The number of halogens is 3. The van der Waals surface area contributed by atoms with Gasteiger partial charge in [-0.3, -0.25) is 4.79 Å². The molecular weight excluding hydrogens is 557 g/mol. The third kappa shape index (κ3) is 5.89. The van der Waals surface area contributed by atoms with E-state index in [0.29, 0.717) is 29.5 Å². The van der Waals surface area contributed by atoms with Gasteiger partial charge in [0.25, 0.3) is 5.91 Å². The first-order valence-electron chi connectivity index (χ1n) is 12.7. The van der Waals surface area contributed by atoms with Gasteiger partial charge in [0.2, 0.25) is 5.13 Å². The first-order valence-corrected chi connectivity index (χ1v) is 13.6. The van der Waals surface area contributed by atoms with Crippen LogP contribution in [0, 0.1) is 6.92 Å². The first kappa shape index (κ1) is 28.1. The molecule has 0 bridgehead atoms. The van der Waals surface area contributed by atoms with E-state index in [1.165, 1.54) is 29.7 Å². The van der Waals surface area contributed by atoms with Crippen LogP contribution in [0.2, 0.25) is 0 Å². The molecular formula is C28H27F3N6O3S. The van der Waals surface area contributed by atoms with Gasteiger partial charge >= 0.3 is 12.2 Å². The van der Waals surface area contributed by atoms with Gasteiger partial charge in [0.15, 0.2) is 0 Å². The number of thiazole rings is 1. The lowest BCUT2D eigenvalue weighted by molar-refractivity contribution is -0.137. The van der Waals surface area contributed by atoms with Crippen LogP contribution in [-0.2, 0) is 6.18 Å². The van der Waals surface area contributed by atoms with E-state index in [1.807, 2.05) is 43.5 Å². The van der Waals surface area contributed by atoms with E-state index in [-0.39, 0.29) is 24.2 Å². The van der Waals surface area contributed by atoms with Crippen molar-refractivity contribution in [2.75, 3.05) is 32.1 Å². The highest BCUT2D eigenvalue weighted by Crippen LogP contribution is 2.30. The second kappa shape index (κ2) is 11.2. The molecule has 1 N–H and O–H groups in total. The molecule has 3 amide bonds. The van der Waals surface area contributed by atoms with Crippen molar-refractivity contribution in [3.63, 3.8) is 0 Å². The number of amides is 3. The minimum Gasteiger partial charge on any atom is -0.497 e. The fourth-order valence-corrected chi connectivity index (χ4v) is 5.46. The number of hydrogen-bond donors (Lipinski definition) is 1. The molecule has 3 heterocycles. The Balaban J connectivity index is 1.22. The number of nitrogens with one attached hydrogen (secondary N) is 1. The Kier molecular flexibility index (Phi) is 7.72. The van der Waals surface area contributed by atoms with Crippen LogP contribution in [-0.4, -0.2) is 69.3 Å². The van der Waals surface area contributed by atoms with Crippen molar-refractivity contribution >= 4 is 29.0 Å². The number of urea groups is 1. The maximum absolute atomic E-state index is 13.4. The zero-order valence-corrected chi connectivity index (χ0v) is 23.3. The highest BCUT2D eigenvalue weighted by Gasteiger charge is 2.33. The molecule has 1 fully saturated rings. The van der Waals surface area contributed by atoms with E-state index in [2.05, 4.69) is 10.4 Å². The molecule has 1 unspecified atom stereocenters. The Labute approximate surface area is 238 Å². The summed E-state index contributed by atoms with van der Waals surface area (Å²) in [5, 5.41) is 9.61. The van der Waals surface area contributed by atoms with Crippen LogP contribution in [0.15, 0.2) is 60.1 Å². The third-order valence-electron chi connectivity index (χ3n) is 6.94. The second-order valence-electron chi connectivity index (χ2n) is 9.60. The quantitative estimate of drug-likeness (QED) is 0.325. The molecule has 13 heteroatoms. The zero-order valence-electron chi connectivity index (χ0n) is 22.5. The van der Waals surface area contributed by atoms with Crippen molar-refractivity contribution in [1.29, 1.82) is 0 Å². The number of methoxy groups -OCH3 is 1. The SMILES string of the molecule is COc1ccc(-c2csc(-n3ncc(C(=O)N4CCN(C(=O)Nc5ccc(C(F)(F)F)cc5)C(C)C4)c3C)n2)cc1. The number of aromatic nitrogens is 3.